The second-order valence-corrected chi connectivity index (χ2v) is 6.55. The number of nitrogens with zero attached hydrogens (tertiary/aromatic N) is 1. The molecular weight excluding hydrogens is 236 g/mol. The van der Waals surface area contributed by atoms with Gasteiger partial charge in [-0.3, -0.25) is 9.69 Å². The topological polar surface area (TPSA) is 66.5 Å². The molecule has 0 aromatic rings. The van der Waals surface area contributed by atoms with Crippen LogP contribution in [-0.2, 0) is 14.6 Å². The van der Waals surface area contributed by atoms with E-state index in [1.165, 1.54) is 4.90 Å². The first-order chi connectivity index (χ1) is 6.91. The van der Waals surface area contributed by atoms with Crippen LogP contribution in [0.15, 0.2) is 0 Å². The molecule has 0 spiro atoms. The summed E-state index contributed by atoms with van der Waals surface area (Å²) in [6.45, 7) is 1.72. The van der Waals surface area contributed by atoms with Crippen LogP contribution in [0.4, 0.5) is 0 Å². The van der Waals surface area contributed by atoms with Crippen LogP contribution in [0.3, 0.4) is 0 Å². The van der Waals surface area contributed by atoms with Gasteiger partial charge in [0, 0.05) is 0 Å². The number of carbonyl (C=O) groups is 1. The highest BCUT2D eigenvalue weighted by Crippen LogP contribution is 2.21. The van der Waals surface area contributed by atoms with E-state index < -0.39 is 9.84 Å². The number of carbonyl (C=O) groups excluding carboxylic acids is 1. The van der Waals surface area contributed by atoms with Gasteiger partial charge in [0.2, 0.25) is 0 Å². The molecule has 0 bridgehead atoms. The largest absolute Gasteiger partial charge is 0.351 e. The van der Waals surface area contributed by atoms with Gasteiger partial charge in [0.15, 0.2) is 14.9 Å². The fraction of sp³-hybridized carbons (Fsp3) is 0.750. The van der Waals surface area contributed by atoms with Crippen molar-refractivity contribution in [2.24, 2.45) is 0 Å². The Kier molecular flexibility index (Phi) is 2.46. The van der Waals surface area contributed by atoms with Gasteiger partial charge in [0.05, 0.1) is 17.5 Å². The van der Waals surface area contributed by atoms with Crippen LogP contribution >= 0.6 is 12.2 Å². The first-order valence-electron chi connectivity index (χ1n) is 4.75. The van der Waals surface area contributed by atoms with E-state index in [0.29, 0.717) is 11.5 Å². The van der Waals surface area contributed by atoms with Crippen molar-refractivity contribution in [3.05, 3.63) is 0 Å². The Labute approximate surface area is 93.7 Å². The maximum atomic E-state index is 11.7. The average Bonchev–Trinajstić information content (AvgIpc) is 2.56. The molecule has 15 heavy (non-hydrogen) atoms. The van der Waals surface area contributed by atoms with Gasteiger partial charge >= 0.3 is 0 Å². The van der Waals surface area contributed by atoms with Gasteiger partial charge in [0.25, 0.3) is 5.91 Å². The number of hydrogen-bond acceptors (Lipinski definition) is 4. The molecule has 2 heterocycles. The lowest BCUT2D eigenvalue weighted by Crippen LogP contribution is -2.41. The number of thiocarbonyl (C=S) groups is 1. The molecule has 2 rings (SSSR count). The zero-order chi connectivity index (χ0) is 11.2. The third-order valence-electron chi connectivity index (χ3n) is 2.74. The molecule has 84 valence electrons. The minimum atomic E-state index is -2.98. The highest BCUT2D eigenvalue weighted by atomic mass is 32.2. The van der Waals surface area contributed by atoms with E-state index in [4.69, 9.17) is 12.2 Å². The fourth-order valence-corrected chi connectivity index (χ4v) is 4.07. The smallest absolute Gasteiger partial charge is 0.251 e. The predicted molar refractivity (Wildman–Crippen MR) is 59.1 cm³/mol. The van der Waals surface area contributed by atoms with Gasteiger partial charge in [-0.05, 0) is 25.6 Å². The summed E-state index contributed by atoms with van der Waals surface area (Å²) in [7, 11) is -2.98. The van der Waals surface area contributed by atoms with E-state index in [0.717, 1.165) is 0 Å². The molecule has 0 unspecified atom stereocenters. The van der Waals surface area contributed by atoms with Gasteiger partial charge < -0.3 is 5.32 Å². The molecule has 1 N–H and O–H groups in total. The summed E-state index contributed by atoms with van der Waals surface area (Å²) in [5.74, 6) is 0.0632. The van der Waals surface area contributed by atoms with Gasteiger partial charge in [-0.2, -0.15) is 0 Å². The normalized spacial score (nSPS) is 34.6. The van der Waals surface area contributed by atoms with Crippen LogP contribution in [-0.4, -0.2) is 47.9 Å². The van der Waals surface area contributed by atoms with E-state index in [9.17, 15) is 13.2 Å². The van der Waals surface area contributed by atoms with Crippen LogP contribution in [0.25, 0.3) is 0 Å². The lowest BCUT2D eigenvalue weighted by Gasteiger charge is -2.21. The Morgan fingerprint density at radius 2 is 2.20 bits per heavy atom. The Morgan fingerprint density at radius 3 is 2.60 bits per heavy atom. The third-order valence-corrected chi connectivity index (χ3v) is 4.81. The van der Waals surface area contributed by atoms with Crippen molar-refractivity contribution in [1.29, 1.82) is 0 Å². The van der Waals surface area contributed by atoms with Crippen LogP contribution < -0.4 is 5.32 Å². The molecule has 0 aromatic heterocycles. The number of sulfone groups is 1. The minimum absolute atomic E-state index is 0.0350. The molecule has 5 nitrogen and oxygen atoms in total. The lowest BCUT2D eigenvalue weighted by atomic mass is 10.2. The number of nitrogens with one attached hydrogen (secondary N) is 1. The van der Waals surface area contributed by atoms with Crippen molar-refractivity contribution in [3.8, 4) is 0 Å². The van der Waals surface area contributed by atoms with Crippen molar-refractivity contribution >= 4 is 33.1 Å². The molecule has 0 aliphatic carbocycles. The van der Waals surface area contributed by atoms with E-state index in [1.54, 1.807) is 6.92 Å². The van der Waals surface area contributed by atoms with Crippen molar-refractivity contribution in [1.82, 2.24) is 10.2 Å². The molecule has 1 amide bonds. The Morgan fingerprint density at radius 1 is 1.53 bits per heavy atom. The molecule has 2 fully saturated rings. The average molecular weight is 248 g/mol. The Balaban J connectivity index is 2.19. The summed E-state index contributed by atoms with van der Waals surface area (Å²) >= 11 is 5.01. The first kappa shape index (κ1) is 10.8. The zero-order valence-electron chi connectivity index (χ0n) is 8.26. The van der Waals surface area contributed by atoms with Crippen LogP contribution in [0.2, 0.25) is 0 Å². The second kappa shape index (κ2) is 3.41. The summed E-state index contributed by atoms with van der Waals surface area (Å²) in [6.07, 6.45) is 0.489. The van der Waals surface area contributed by atoms with Gasteiger partial charge in [0.1, 0.15) is 6.04 Å². The first-order valence-corrected chi connectivity index (χ1v) is 6.98. The van der Waals surface area contributed by atoms with Gasteiger partial charge in [-0.1, -0.05) is 0 Å². The third kappa shape index (κ3) is 1.85. The van der Waals surface area contributed by atoms with E-state index in [2.05, 4.69) is 5.32 Å². The van der Waals surface area contributed by atoms with Crippen LogP contribution in [0.5, 0.6) is 0 Å². The Bertz CT molecular complexity index is 418. The minimum Gasteiger partial charge on any atom is -0.351 e. The summed E-state index contributed by atoms with van der Waals surface area (Å²) in [5.41, 5.74) is 0. The quantitative estimate of drug-likeness (QED) is 0.620. The molecule has 0 radical (unpaired) electrons. The fourth-order valence-electron chi connectivity index (χ4n) is 1.95. The van der Waals surface area contributed by atoms with E-state index in [-0.39, 0.29) is 29.5 Å². The van der Waals surface area contributed by atoms with E-state index in [1.807, 2.05) is 0 Å². The monoisotopic (exact) mass is 248 g/mol. The van der Waals surface area contributed by atoms with Crippen molar-refractivity contribution in [2.45, 2.75) is 25.4 Å². The maximum absolute atomic E-state index is 11.7. The Hall–Kier alpha value is -0.690. The maximum Gasteiger partial charge on any atom is 0.251 e. The van der Waals surface area contributed by atoms with Crippen LogP contribution in [0, 0.1) is 0 Å². The molecule has 0 aromatic carbocycles. The summed E-state index contributed by atoms with van der Waals surface area (Å²) in [4.78, 5) is 13.1. The number of rotatable bonds is 1. The molecule has 7 heteroatoms. The molecule has 2 aliphatic rings. The number of hydrogen-bond donors (Lipinski definition) is 1. The SMILES string of the molecule is C[C@H]1NC(=S)N([C@H]2CCS(=O)(=O)C2)C1=O. The van der Waals surface area contributed by atoms with E-state index >= 15 is 0 Å². The van der Waals surface area contributed by atoms with Crippen molar-refractivity contribution < 1.29 is 13.2 Å². The highest BCUT2D eigenvalue weighted by Gasteiger charge is 2.41. The summed E-state index contributed by atoms with van der Waals surface area (Å²) in [6, 6.07) is -0.603. The summed E-state index contributed by atoms with van der Waals surface area (Å²) in [5, 5.41) is 3.19. The second-order valence-electron chi connectivity index (χ2n) is 3.94. The van der Waals surface area contributed by atoms with Gasteiger partial charge in [-0.25, -0.2) is 8.42 Å². The molecular formula is C8H12N2O3S2. The van der Waals surface area contributed by atoms with Gasteiger partial charge in [-0.15, -0.1) is 0 Å². The van der Waals surface area contributed by atoms with Crippen LogP contribution in [0.1, 0.15) is 13.3 Å². The standard InChI is InChI=1S/C8H12N2O3S2/c1-5-7(11)10(8(14)9-5)6-2-3-15(12,13)4-6/h5-6H,2-4H2,1H3,(H,9,14)/t5-,6+/m1/s1. The predicted octanol–water partition coefficient (Wildman–Crippen LogP) is -0.721. The molecule has 2 atom stereocenters. The van der Waals surface area contributed by atoms with Crippen molar-refractivity contribution in [2.75, 3.05) is 11.5 Å². The number of amides is 1. The highest BCUT2D eigenvalue weighted by molar-refractivity contribution is 7.91. The van der Waals surface area contributed by atoms with Crippen molar-refractivity contribution in [3.63, 3.8) is 0 Å². The molecule has 0 saturated carbocycles. The molecule has 2 aliphatic heterocycles. The molecule has 2 saturated heterocycles. The summed E-state index contributed by atoms with van der Waals surface area (Å²) < 4.78 is 22.6. The zero-order valence-corrected chi connectivity index (χ0v) is 9.90. The lowest BCUT2D eigenvalue weighted by molar-refractivity contribution is -0.127.